The molecule has 2 saturated carbocycles. The van der Waals surface area contributed by atoms with E-state index in [1.54, 1.807) is 7.05 Å². The third kappa shape index (κ3) is 3.58. The van der Waals surface area contributed by atoms with Gasteiger partial charge < -0.3 is 10.6 Å². The Labute approximate surface area is 188 Å². The van der Waals surface area contributed by atoms with Crippen molar-refractivity contribution < 1.29 is 9.59 Å². The Kier molecular flexibility index (Phi) is 5.68. The molecule has 154 valence electrons. The van der Waals surface area contributed by atoms with Crippen LogP contribution in [0.25, 0.3) is 0 Å². The Balaban J connectivity index is 0.00000205. The van der Waals surface area contributed by atoms with Crippen molar-refractivity contribution in [3.05, 3.63) is 48.0 Å². The number of carbonyl (C=O) groups is 2. The molecule has 0 spiro atoms. The maximum atomic E-state index is 12.7. The minimum absolute atomic E-state index is 0. The van der Waals surface area contributed by atoms with Crippen molar-refractivity contribution in [3.8, 4) is 0 Å². The van der Waals surface area contributed by atoms with Gasteiger partial charge in [0.05, 0.1) is 11.8 Å². The number of guanidine groups is 1. The number of halogens is 1. The van der Waals surface area contributed by atoms with E-state index in [4.69, 9.17) is 0 Å². The van der Waals surface area contributed by atoms with E-state index in [2.05, 4.69) is 52.0 Å². The quantitative estimate of drug-likeness (QED) is 0.211. The van der Waals surface area contributed by atoms with Crippen molar-refractivity contribution in [2.24, 2.45) is 28.7 Å². The van der Waals surface area contributed by atoms with Crippen LogP contribution in [0, 0.1) is 23.7 Å². The van der Waals surface area contributed by atoms with E-state index in [1.807, 2.05) is 6.07 Å². The summed E-state index contributed by atoms with van der Waals surface area (Å²) in [5.74, 6) is 1.59. The predicted molar refractivity (Wildman–Crippen MR) is 122 cm³/mol. The third-order valence-corrected chi connectivity index (χ3v) is 6.75. The molecule has 6 unspecified atom stereocenters. The van der Waals surface area contributed by atoms with Crippen molar-refractivity contribution >= 4 is 41.8 Å². The molecule has 3 aliphatic carbocycles. The Bertz CT molecular complexity index is 826. The maximum Gasteiger partial charge on any atom is 0.233 e. The largest absolute Gasteiger partial charge is 0.355 e. The molecule has 2 bridgehead atoms. The van der Waals surface area contributed by atoms with E-state index in [-0.39, 0.29) is 59.5 Å². The minimum Gasteiger partial charge on any atom is -0.355 e. The third-order valence-electron chi connectivity index (χ3n) is 6.75. The average molecular weight is 506 g/mol. The lowest BCUT2D eigenvalue weighted by Crippen LogP contribution is -2.44. The van der Waals surface area contributed by atoms with Gasteiger partial charge in [0.1, 0.15) is 0 Å². The number of imide groups is 1. The average Bonchev–Trinajstić information content (AvgIpc) is 3.05. The van der Waals surface area contributed by atoms with Crippen LogP contribution in [-0.4, -0.2) is 48.9 Å². The van der Waals surface area contributed by atoms with Crippen LogP contribution in [-0.2, 0) is 9.59 Å². The van der Waals surface area contributed by atoms with Gasteiger partial charge in [-0.05, 0) is 30.2 Å². The van der Waals surface area contributed by atoms with Crippen molar-refractivity contribution in [1.82, 2.24) is 15.5 Å². The van der Waals surface area contributed by atoms with Crippen LogP contribution in [0.3, 0.4) is 0 Å². The van der Waals surface area contributed by atoms with Crippen LogP contribution in [0.2, 0.25) is 0 Å². The first-order valence-electron chi connectivity index (χ1n) is 10.2. The van der Waals surface area contributed by atoms with Gasteiger partial charge in [0.25, 0.3) is 0 Å². The Morgan fingerprint density at radius 1 is 1.07 bits per heavy atom. The topological polar surface area (TPSA) is 73.8 Å². The number of rotatable bonds is 5. The molecule has 1 heterocycles. The van der Waals surface area contributed by atoms with Gasteiger partial charge in [-0.1, -0.05) is 42.5 Å². The number of nitrogens with zero attached hydrogens (tertiary/aromatic N) is 2. The van der Waals surface area contributed by atoms with E-state index in [0.29, 0.717) is 25.0 Å². The molecule has 2 amide bonds. The molecule has 29 heavy (non-hydrogen) atoms. The van der Waals surface area contributed by atoms with Gasteiger partial charge in [-0.15, -0.1) is 24.0 Å². The van der Waals surface area contributed by atoms with Gasteiger partial charge in [-0.25, -0.2) is 0 Å². The first kappa shape index (κ1) is 20.4. The second kappa shape index (κ2) is 8.08. The molecule has 1 aliphatic heterocycles. The summed E-state index contributed by atoms with van der Waals surface area (Å²) in [6.45, 7) is 0.916. The molecular weight excluding hydrogens is 479 g/mol. The van der Waals surface area contributed by atoms with E-state index in [9.17, 15) is 9.59 Å². The number of allylic oxidation sites excluding steroid dienone is 2. The standard InChI is InChI=1S/C22H26N4O2.HI/c1-23-22(25-17-12-16(17)13-5-3-2-4-6-13)24-9-10-26-20(27)18-14-7-8-15(11-14)19(18)21(26)28;/h2-8,14-19H,9-12H2,1H3,(H2,23,24,25);1H. The lowest BCUT2D eigenvalue weighted by atomic mass is 9.85. The summed E-state index contributed by atoms with van der Waals surface area (Å²) in [6, 6.07) is 10.9. The zero-order chi connectivity index (χ0) is 19.3. The first-order chi connectivity index (χ1) is 13.7. The molecule has 1 aromatic carbocycles. The van der Waals surface area contributed by atoms with Crippen LogP contribution >= 0.6 is 24.0 Å². The Morgan fingerprint density at radius 3 is 2.34 bits per heavy atom. The van der Waals surface area contributed by atoms with E-state index in [0.717, 1.165) is 18.8 Å². The van der Waals surface area contributed by atoms with E-state index < -0.39 is 0 Å². The van der Waals surface area contributed by atoms with Gasteiger partial charge in [0, 0.05) is 32.1 Å². The van der Waals surface area contributed by atoms with E-state index in [1.165, 1.54) is 10.5 Å². The number of hydrogen-bond donors (Lipinski definition) is 2. The highest BCUT2D eigenvalue weighted by molar-refractivity contribution is 14.0. The number of nitrogens with one attached hydrogen (secondary N) is 2. The van der Waals surface area contributed by atoms with Gasteiger partial charge in [-0.2, -0.15) is 0 Å². The summed E-state index contributed by atoms with van der Waals surface area (Å²) in [7, 11) is 1.75. The molecule has 1 saturated heterocycles. The number of carbonyl (C=O) groups excluding carboxylic acids is 2. The van der Waals surface area contributed by atoms with Crippen LogP contribution in [0.15, 0.2) is 47.5 Å². The van der Waals surface area contributed by atoms with Crippen LogP contribution in [0.4, 0.5) is 0 Å². The van der Waals surface area contributed by atoms with Crippen molar-refractivity contribution in [2.45, 2.75) is 24.8 Å². The smallest absolute Gasteiger partial charge is 0.233 e. The number of aliphatic imine (C=N–C) groups is 1. The summed E-state index contributed by atoms with van der Waals surface area (Å²) in [4.78, 5) is 31.2. The monoisotopic (exact) mass is 506 g/mol. The number of hydrogen-bond acceptors (Lipinski definition) is 3. The molecule has 1 aromatic rings. The number of likely N-dealkylation sites (tertiary alicyclic amines) is 1. The van der Waals surface area contributed by atoms with Crippen molar-refractivity contribution in [1.29, 1.82) is 0 Å². The molecule has 3 fully saturated rings. The molecule has 4 aliphatic rings. The lowest BCUT2D eigenvalue weighted by Gasteiger charge is -2.18. The van der Waals surface area contributed by atoms with Crippen molar-refractivity contribution in [2.75, 3.05) is 20.1 Å². The molecule has 0 radical (unpaired) electrons. The molecule has 6 atom stereocenters. The zero-order valence-corrected chi connectivity index (χ0v) is 18.8. The highest BCUT2D eigenvalue weighted by atomic mass is 127. The molecule has 2 N–H and O–H groups in total. The highest BCUT2D eigenvalue weighted by Crippen LogP contribution is 2.52. The van der Waals surface area contributed by atoms with Crippen LogP contribution in [0.1, 0.15) is 24.3 Å². The normalized spacial score (nSPS) is 34.2. The number of amides is 2. The zero-order valence-electron chi connectivity index (χ0n) is 16.5. The van der Waals surface area contributed by atoms with Crippen molar-refractivity contribution in [3.63, 3.8) is 0 Å². The summed E-state index contributed by atoms with van der Waals surface area (Å²) >= 11 is 0. The van der Waals surface area contributed by atoms with Gasteiger partial charge in [-0.3, -0.25) is 19.5 Å². The molecule has 7 heteroatoms. The molecule has 5 rings (SSSR count). The maximum absolute atomic E-state index is 12.7. The molecule has 6 nitrogen and oxygen atoms in total. The summed E-state index contributed by atoms with van der Waals surface area (Å²) < 4.78 is 0. The second-order valence-electron chi connectivity index (χ2n) is 8.33. The fraction of sp³-hybridized carbons (Fsp3) is 0.500. The number of benzene rings is 1. The summed E-state index contributed by atoms with van der Waals surface area (Å²) in [5, 5.41) is 6.70. The fourth-order valence-corrected chi connectivity index (χ4v) is 5.26. The highest BCUT2D eigenvalue weighted by Gasteiger charge is 2.58. The van der Waals surface area contributed by atoms with Crippen LogP contribution in [0.5, 0.6) is 0 Å². The van der Waals surface area contributed by atoms with Crippen LogP contribution < -0.4 is 10.6 Å². The first-order valence-corrected chi connectivity index (χ1v) is 10.2. The summed E-state index contributed by atoms with van der Waals surface area (Å²) in [5.41, 5.74) is 1.35. The Hall–Kier alpha value is -1.90. The van der Waals surface area contributed by atoms with Gasteiger partial charge >= 0.3 is 0 Å². The molecule has 0 aromatic heterocycles. The lowest BCUT2D eigenvalue weighted by molar-refractivity contribution is -0.140. The van der Waals surface area contributed by atoms with Gasteiger partial charge in [0.2, 0.25) is 11.8 Å². The SMILES string of the molecule is CN=C(NCCN1C(=O)C2C3C=CC(C3)C2C1=O)NC1CC1c1ccccc1.I. The summed E-state index contributed by atoms with van der Waals surface area (Å²) in [6.07, 6.45) is 6.32. The van der Waals surface area contributed by atoms with Gasteiger partial charge in [0.15, 0.2) is 5.96 Å². The fourth-order valence-electron chi connectivity index (χ4n) is 5.26. The minimum atomic E-state index is -0.113. The molecular formula is C22H27IN4O2. The Morgan fingerprint density at radius 2 is 1.72 bits per heavy atom. The van der Waals surface area contributed by atoms with E-state index >= 15 is 0 Å². The second-order valence-corrected chi connectivity index (χ2v) is 8.33. The number of fused-ring (bicyclic) bond motifs is 5. The predicted octanol–water partition coefficient (Wildman–Crippen LogP) is 2.13.